The van der Waals surface area contributed by atoms with E-state index in [-0.39, 0.29) is 36.3 Å². The largest absolute Gasteiger partial charge is 0.416 e. The third-order valence-electron chi connectivity index (χ3n) is 4.17. The summed E-state index contributed by atoms with van der Waals surface area (Å²) in [6.07, 6.45) is -3.71. The van der Waals surface area contributed by atoms with Gasteiger partial charge in [-0.2, -0.15) is 13.2 Å². The molecule has 0 fully saturated rings. The number of rotatable bonds is 8. The predicted octanol–water partition coefficient (Wildman–Crippen LogP) is 4.42. The highest BCUT2D eigenvalue weighted by Gasteiger charge is 2.32. The smallest absolute Gasteiger partial charge is 0.352 e. The van der Waals surface area contributed by atoms with Gasteiger partial charge in [-0.05, 0) is 42.7 Å². The summed E-state index contributed by atoms with van der Waals surface area (Å²) in [7, 11) is 0. The van der Waals surface area contributed by atoms with Crippen LogP contribution in [0.1, 0.15) is 36.5 Å². The molecule has 0 aliphatic heterocycles. The molecule has 3 nitrogen and oxygen atoms in total. The number of alkyl halides is 3. The van der Waals surface area contributed by atoms with E-state index in [1.54, 1.807) is 12.1 Å². The Balaban J connectivity index is 1.74. The average molecular weight is 382 g/mol. The lowest BCUT2D eigenvalue weighted by Gasteiger charge is -2.15. The van der Waals surface area contributed by atoms with Gasteiger partial charge in [0.25, 0.3) is 0 Å². The summed E-state index contributed by atoms with van der Waals surface area (Å²) < 4.78 is 51.6. The predicted molar refractivity (Wildman–Crippen MR) is 95.2 cm³/mol. The molecule has 0 aliphatic rings. The van der Waals surface area contributed by atoms with E-state index in [1.807, 2.05) is 6.92 Å². The molecule has 2 aromatic carbocycles. The topological polar surface area (TPSA) is 41.1 Å². The van der Waals surface area contributed by atoms with Gasteiger partial charge in [0.2, 0.25) is 5.91 Å². The van der Waals surface area contributed by atoms with Crippen LogP contribution < -0.4 is 10.6 Å². The molecular weight excluding hydrogens is 360 g/mol. The summed E-state index contributed by atoms with van der Waals surface area (Å²) in [5.41, 5.74) is 0.233. The Bertz CT molecular complexity index is 744. The van der Waals surface area contributed by atoms with Crippen molar-refractivity contribution in [3.63, 3.8) is 0 Å². The van der Waals surface area contributed by atoms with E-state index in [4.69, 9.17) is 0 Å². The molecule has 1 amide bonds. The molecule has 1 unspecified atom stereocenters. The lowest BCUT2D eigenvalue weighted by Crippen LogP contribution is -2.29. The van der Waals surface area contributed by atoms with E-state index in [9.17, 15) is 22.4 Å². The summed E-state index contributed by atoms with van der Waals surface area (Å²) in [6, 6.07) is 11.4. The van der Waals surface area contributed by atoms with Crippen molar-refractivity contribution in [2.45, 2.75) is 45.1 Å². The molecule has 2 rings (SSSR count). The summed E-state index contributed by atoms with van der Waals surface area (Å²) in [5.74, 6) is -0.599. The molecule has 146 valence electrons. The van der Waals surface area contributed by atoms with Crippen LogP contribution in [0.25, 0.3) is 0 Å². The molecule has 1 atom stereocenters. The average Bonchev–Trinajstić information content (AvgIpc) is 2.63. The number of nitrogens with one attached hydrogen (secondary N) is 2. The van der Waals surface area contributed by atoms with Crippen LogP contribution >= 0.6 is 0 Å². The molecule has 27 heavy (non-hydrogen) atoms. The van der Waals surface area contributed by atoms with Crippen molar-refractivity contribution in [3.8, 4) is 0 Å². The first kappa shape index (κ1) is 20.9. The van der Waals surface area contributed by atoms with E-state index >= 15 is 0 Å². The van der Waals surface area contributed by atoms with Gasteiger partial charge in [0.15, 0.2) is 0 Å². The first-order valence-corrected chi connectivity index (χ1v) is 8.65. The second-order valence-corrected chi connectivity index (χ2v) is 6.38. The van der Waals surface area contributed by atoms with Gasteiger partial charge in [0, 0.05) is 25.6 Å². The number of carbonyl (C=O) groups excluding carboxylic acids is 1. The highest BCUT2D eigenvalue weighted by Crippen LogP contribution is 2.31. The van der Waals surface area contributed by atoms with Crippen LogP contribution in [0, 0.1) is 5.82 Å². The minimum absolute atomic E-state index is 0.0308. The third kappa shape index (κ3) is 7.02. The first-order valence-electron chi connectivity index (χ1n) is 8.65. The van der Waals surface area contributed by atoms with Crippen LogP contribution in [0.5, 0.6) is 0 Å². The highest BCUT2D eigenvalue weighted by molar-refractivity contribution is 5.75. The van der Waals surface area contributed by atoms with Crippen molar-refractivity contribution in [2.24, 2.45) is 0 Å². The zero-order chi connectivity index (χ0) is 19.9. The number of amides is 1. The molecule has 0 aliphatic carbocycles. The SMILES string of the molecule is CC(CCC(=O)NCc1ccccc1C(F)(F)F)NCc1ccc(F)cc1. The van der Waals surface area contributed by atoms with Gasteiger partial charge >= 0.3 is 6.18 Å². The maximum Gasteiger partial charge on any atom is 0.416 e. The minimum atomic E-state index is -4.44. The van der Waals surface area contributed by atoms with Gasteiger partial charge in [-0.1, -0.05) is 30.3 Å². The standard InChI is InChI=1S/C20H22F4N2O/c1-14(25-12-15-7-9-17(21)10-8-15)6-11-19(27)26-13-16-4-2-3-5-18(16)20(22,23)24/h2-5,7-10,14,25H,6,11-13H2,1H3,(H,26,27). The molecule has 0 aromatic heterocycles. The number of hydrogen-bond acceptors (Lipinski definition) is 2. The minimum Gasteiger partial charge on any atom is -0.352 e. The Hall–Kier alpha value is -2.41. The van der Waals surface area contributed by atoms with Crippen LogP contribution in [0.15, 0.2) is 48.5 Å². The van der Waals surface area contributed by atoms with Gasteiger partial charge in [0.1, 0.15) is 5.82 Å². The van der Waals surface area contributed by atoms with Crippen molar-refractivity contribution in [3.05, 3.63) is 71.0 Å². The quantitative estimate of drug-likeness (QED) is 0.664. The molecule has 0 saturated carbocycles. The number of hydrogen-bond donors (Lipinski definition) is 2. The van der Waals surface area contributed by atoms with E-state index < -0.39 is 11.7 Å². The van der Waals surface area contributed by atoms with Crippen molar-refractivity contribution in [1.29, 1.82) is 0 Å². The maximum absolute atomic E-state index is 12.9. The van der Waals surface area contributed by atoms with Crippen LogP contribution in [0.2, 0.25) is 0 Å². The fourth-order valence-corrected chi connectivity index (χ4v) is 2.58. The van der Waals surface area contributed by atoms with Crippen molar-refractivity contribution in [1.82, 2.24) is 10.6 Å². The summed E-state index contributed by atoms with van der Waals surface area (Å²) in [6.45, 7) is 2.30. The van der Waals surface area contributed by atoms with Gasteiger partial charge in [-0.25, -0.2) is 4.39 Å². The molecule has 2 aromatic rings. The fraction of sp³-hybridized carbons (Fsp3) is 0.350. The number of benzene rings is 2. The van der Waals surface area contributed by atoms with Gasteiger partial charge in [-0.15, -0.1) is 0 Å². The lowest BCUT2D eigenvalue weighted by molar-refractivity contribution is -0.138. The third-order valence-corrected chi connectivity index (χ3v) is 4.17. The Kier molecular flexibility index (Phi) is 7.36. The first-order chi connectivity index (χ1) is 12.8. The Morgan fingerprint density at radius 1 is 1.04 bits per heavy atom. The molecule has 0 spiro atoms. The molecule has 0 saturated heterocycles. The highest BCUT2D eigenvalue weighted by atomic mass is 19.4. The summed E-state index contributed by atoms with van der Waals surface area (Å²) >= 11 is 0. The van der Waals surface area contributed by atoms with Crippen LogP contribution in [-0.2, 0) is 24.1 Å². The summed E-state index contributed by atoms with van der Waals surface area (Å²) in [4.78, 5) is 11.9. The lowest BCUT2D eigenvalue weighted by atomic mass is 10.1. The van der Waals surface area contributed by atoms with Crippen LogP contribution in [-0.4, -0.2) is 11.9 Å². The van der Waals surface area contributed by atoms with Gasteiger partial charge in [-0.3, -0.25) is 4.79 Å². The molecule has 2 N–H and O–H groups in total. The molecular formula is C20H22F4N2O. The zero-order valence-corrected chi connectivity index (χ0v) is 14.9. The fourth-order valence-electron chi connectivity index (χ4n) is 2.58. The van der Waals surface area contributed by atoms with Gasteiger partial charge < -0.3 is 10.6 Å². The molecule has 0 bridgehead atoms. The second-order valence-electron chi connectivity index (χ2n) is 6.38. The molecule has 0 radical (unpaired) electrons. The van der Waals surface area contributed by atoms with Gasteiger partial charge in [0.05, 0.1) is 5.56 Å². The molecule has 0 heterocycles. The van der Waals surface area contributed by atoms with Crippen LogP contribution in [0.3, 0.4) is 0 Å². The van der Waals surface area contributed by atoms with Crippen molar-refractivity contribution in [2.75, 3.05) is 0 Å². The number of halogens is 4. The normalized spacial score (nSPS) is 12.6. The summed E-state index contributed by atoms with van der Waals surface area (Å²) in [5, 5.41) is 5.76. The van der Waals surface area contributed by atoms with E-state index in [0.29, 0.717) is 13.0 Å². The Morgan fingerprint density at radius 3 is 2.37 bits per heavy atom. The van der Waals surface area contributed by atoms with E-state index in [1.165, 1.54) is 30.3 Å². The number of carbonyl (C=O) groups is 1. The van der Waals surface area contributed by atoms with Crippen molar-refractivity contribution < 1.29 is 22.4 Å². The monoisotopic (exact) mass is 382 g/mol. The molecule has 7 heteroatoms. The second kappa shape index (κ2) is 9.50. The Labute approximate surface area is 155 Å². The van der Waals surface area contributed by atoms with Crippen molar-refractivity contribution >= 4 is 5.91 Å². The van der Waals surface area contributed by atoms with E-state index in [2.05, 4.69) is 10.6 Å². The van der Waals surface area contributed by atoms with Crippen LogP contribution in [0.4, 0.5) is 17.6 Å². The maximum atomic E-state index is 12.9. The van der Waals surface area contributed by atoms with E-state index in [0.717, 1.165) is 11.6 Å². The Morgan fingerprint density at radius 2 is 1.70 bits per heavy atom. The zero-order valence-electron chi connectivity index (χ0n) is 14.9.